The molecule has 22 heavy (non-hydrogen) atoms. The second kappa shape index (κ2) is 6.37. The largest absolute Gasteiger partial charge is 0.347 e. The Hall–Kier alpha value is -1.42. The van der Waals surface area contributed by atoms with Gasteiger partial charge in [-0.15, -0.1) is 0 Å². The van der Waals surface area contributed by atoms with E-state index in [1.807, 2.05) is 14.1 Å². The molecule has 0 amide bonds. The standard InChI is InChI=1S/C14H17IN4O2S/c1-9-13(10(2)17-14(16-9)19(3)4)18-22(20,21)12-7-5-11(15)6-8-12/h5-8,18H,1-4H3. The zero-order valence-corrected chi connectivity index (χ0v) is 15.7. The number of sulfonamides is 1. The van der Waals surface area contributed by atoms with Gasteiger partial charge in [-0.25, -0.2) is 18.4 Å². The van der Waals surface area contributed by atoms with Crippen molar-refractivity contribution < 1.29 is 8.42 Å². The summed E-state index contributed by atoms with van der Waals surface area (Å²) in [6.07, 6.45) is 0. The summed E-state index contributed by atoms with van der Waals surface area (Å²) < 4.78 is 28.5. The quantitative estimate of drug-likeness (QED) is 0.752. The molecule has 2 aromatic rings. The summed E-state index contributed by atoms with van der Waals surface area (Å²) in [4.78, 5) is 10.6. The molecule has 0 saturated heterocycles. The molecule has 6 nitrogen and oxygen atoms in total. The van der Waals surface area contributed by atoms with Crippen LogP contribution in [0.4, 0.5) is 11.6 Å². The van der Waals surface area contributed by atoms with E-state index in [2.05, 4.69) is 37.3 Å². The molecule has 0 radical (unpaired) electrons. The van der Waals surface area contributed by atoms with Gasteiger partial charge in [-0.3, -0.25) is 4.72 Å². The maximum absolute atomic E-state index is 12.5. The normalized spacial score (nSPS) is 11.3. The number of rotatable bonds is 4. The highest BCUT2D eigenvalue weighted by atomic mass is 127. The van der Waals surface area contributed by atoms with Crippen LogP contribution in [-0.4, -0.2) is 32.5 Å². The fourth-order valence-corrected chi connectivity index (χ4v) is 3.39. The molecule has 0 unspecified atom stereocenters. The zero-order valence-electron chi connectivity index (χ0n) is 12.8. The number of hydrogen-bond acceptors (Lipinski definition) is 5. The van der Waals surface area contributed by atoms with Crippen LogP contribution in [0.3, 0.4) is 0 Å². The lowest BCUT2D eigenvalue weighted by Gasteiger charge is -2.16. The summed E-state index contributed by atoms with van der Waals surface area (Å²) in [5, 5.41) is 0. The molecule has 0 bridgehead atoms. The first-order valence-electron chi connectivity index (χ1n) is 6.51. The van der Waals surface area contributed by atoms with Crippen molar-refractivity contribution in [3.05, 3.63) is 39.2 Å². The minimum absolute atomic E-state index is 0.211. The lowest BCUT2D eigenvalue weighted by molar-refractivity contribution is 0.601. The lowest BCUT2D eigenvalue weighted by Crippen LogP contribution is -2.18. The number of nitrogens with zero attached hydrogens (tertiary/aromatic N) is 3. The monoisotopic (exact) mass is 432 g/mol. The molecule has 1 N–H and O–H groups in total. The Morgan fingerprint density at radius 1 is 1.05 bits per heavy atom. The molecule has 118 valence electrons. The molecule has 1 heterocycles. The fourth-order valence-electron chi connectivity index (χ4n) is 1.85. The number of aromatic nitrogens is 2. The minimum Gasteiger partial charge on any atom is -0.347 e. The van der Waals surface area contributed by atoms with Gasteiger partial charge in [0.25, 0.3) is 10.0 Å². The Labute approximate surface area is 144 Å². The number of benzene rings is 1. The van der Waals surface area contributed by atoms with Gasteiger partial charge in [0, 0.05) is 17.7 Å². The second-order valence-corrected chi connectivity index (χ2v) is 7.95. The average Bonchev–Trinajstić information content (AvgIpc) is 2.43. The van der Waals surface area contributed by atoms with Gasteiger partial charge < -0.3 is 4.90 Å². The molecule has 0 atom stereocenters. The van der Waals surface area contributed by atoms with Crippen molar-refractivity contribution in [3.8, 4) is 0 Å². The molecule has 2 rings (SSSR count). The van der Waals surface area contributed by atoms with Gasteiger partial charge in [-0.1, -0.05) is 0 Å². The van der Waals surface area contributed by atoms with Crippen molar-refractivity contribution in [1.29, 1.82) is 0 Å². The maximum Gasteiger partial charge on any atom is 0.262 e. The van der Waals surface area contributed by atoms with Crippen LogP contribution in [0.1, 0.15) is 11.4 Å². The van der Waals surface area contributed by atoms with Gasteiger partial charge in [-0.2, -0.15) is 0 Å². The number of halogens is 1. The summed E-state index contributed by atoms with van der Waals surface area (Å²) in [5.41, 5.74) is 1.60. The molecular weight excluding hydrogens is 415 g/mol. The van der Waals surface area contributed by atoms with E-state index in [-0.39, 0.29) is 4.90 Å². The summed E-state index contributed by atoms with van der Waals surface area (Å²) in [6.45, 7) is 3.51. The molecule has 1 aromatic heterocycles. The molecule has 1 aromatic carbocycles. The minimum atomic E-state index is -3.66. The smallest absolute Gasteiger partial charge is 0.262 e. The number of aryl methyl sites for hydroxylation is 2. The molecule has 0 fully saturated rings. The Kier molecular flexibility index (Phi) is 4.90. The van der Waals surface area contributed by atoms with E-state index in [0.29, 0.717) is 23.0 Å². The van der Waals surface area contributed by atoms with Crippen LogP contribution in [0.15, 0.2) is 29.2 Å². The SMILES string of the molecule is Cc1nc(N(C)C)nc(C)c1NS(=O)(=O)c1ccc(I)cc1. The van der Waals surface area contributed by atoms with Crippen molar-refractivity contribution in [2.24, 2.45) is 0 Å². The molecule has 0 spiro atoms. The van der Waals surface area contributed by atoms with E-state index in [1.165, 1.54) is 0 Å². The number of anilines is 2. The number of nitrogens with one attached hydrogen (secondary N) is 1. The first-order chi connectivity index (χ1) is 10.2. The van der Waals surface area contributed by atoms with Crippen LogP contribution >= 0.6 is 22.6 Å². The van der Waals surface area contributed by atoms with Gasteiger partial charge in [0.1, 0.15) is 0 Å². The molecule has 0 aliphatic rings. The van der Waals surface area contributed by atoms with Crippen molar-refractivity contribution in [2.75, 3.05) is 23.7 Å². The van der Waals surface area contributed by atoms with Crippen molar-refractivity contribution >= 4 is 44.2 Å². The van der Waals surface area contributed by atoms with Crippen molar-refractivity contribution in [3.63, 3.8) is 0 Å². The highest BCUT2D eigenvalue weighted by Crippen LogP contribution is 2.23. The van der Waals surface area contributed by atoms with E-state index in [4.69, 9.17) is 0 Å². The van der Waals surface area contributed by atoms with Gasteiger partial charge in [0.05, 0.1) is 22.0 Å². The van der Waals surface area contributed by atoms with Crippen LogP contribution in [0, 0.1) is 17.4 Å². The van der Waals surface area contributed by atoms with Gasteiger partial charge >= 0.3 is 0 Å². The van der Waals surface area contributed by atoms with Gasteiger partial charge in [0.2, 0.25) is 5.95 Å². The number of hydrogen-bond donors (Lipinski definition) is 1. The molecule has 8 heteroatoms. The van der Waals surface area contributed by atoms with E-state index < -0.39 is 10.0 Å². The van der Waals surface area contributed by atoms with E-state index in [1.54, 1.807) is 43.0 Å². The Morgan fingerprint density at radius 3 is 2.00 bits per heavy atom. The van der Waals surface area contributed by atoms with Crippen molar-refractivity contribution in [1.82, 2.24) is 9.97 Å². The van der Waals surface area contributed by atoms with E-state index in [0.717, 1.165) is 3.57 Å². The van der Waals surface area contributed by atoms with Crippen LogP contribution in [0.2, 0.25) is 0 Å². The highest BCUT2D eigenvalue weighted by Gasteiger charge is 2.18. The average molecular weight is 432 g/mol. The zero-order chi connectivity index (χ0) is 16.5. The third-order valence-corrected chi connectivity index (χ3v) is 5.10. The van der Waals surface area contributed by atoms with E-state index >= 15 is 0 Å². The maximum atomic E-state index is 12.5. The fraction of sp³-hybridized carbons (Fsp3) is 0.286. The predicted octanol–water partition coefficient (Wildman–Crippen LogP) is 2.56. The Balaban J connectivity index is 2.40. The lowest BCUT2D eigenvalue weighted by atomic mass is 10.3. The van der Waals surface area contributed by atoms with E-state index in [9.17, 15) is 8.42 Å². The van der Waals surface area contributed by atoms with Crippen LogP contribution in [0.5, 0.6) is 0 Å². The van der Waals surface area contributed by atoms with Crippen molar-refractivity contribution in [2.45, 2.75) is 18.7 Å². The summed E-state index contributed by atoms with van der Waals surface area (Å²) in [6, 6.07) is 6.65. The summed E-state index contributed by atoms with van der Waals surface area (Å²) >= 11 is 2.13. The Bertz CT molecular complexity index is 766. The van der Waals surface area contributed by atoms with Crippen LogP contribution in [-0.2, 0) is 10.0 Å². The second-order valence-electron chi connectivity index (χ2n) is 5.02. The van der Waals surface area contributed by atoms with Gasteiger partial charge in [-0.05, 0) is 60.7 Å². The third-order valence-electron chi connectivity index (χ3n) is 3.02. The third kappa shape index (κ3) is 3.67. The summed E-state index contributed by atoms with van der Waals surface area (Å²) in [5.74, 6) is 0.548. The molecule has 0 aliphatic carbocycles. The van der Waals surface area contributed by atoms with Crippen LogP contribution < -0.4 is 9.62 Å². The molecule has 0 aliphatic heterocycles. The molecule has 0 saturated carbocycles. The Morgan fingerprint density at radius 2 is 1.55 bits per heavy atom. The van der Waals surface area contributed by atoms with Crippen LogP contribution in [0.25, 0.3) is 0 Å². The van der Waals surface area contributed by atoms with Gasteiger partial charge in [0.15, 0.2) is 0 Å². The first kappa shape index (κ1) is 16.9. The first-order valence-corrected chi connectivity index (χ1v) is 9.08. The molecular formula is C14H17IN4O2S. The predicted molar refractivity (Wildman–Crippen MR) is 95.8 cm³/mol. The summed E-state index contributed by atoms with van der Waals surface area (Å²) in [7, 11) is 0.0188. The highest BCUT2D eigenvalue weighted by molar-refractivity contribution is 14.1. The topological polar surface area (TPSA) is 75.2 Å².